The third-order valence-electron chi connectivity index (χ3n) is 4.97. The summed E-state index contributed by atoms with van der Waals surface area (Å²) in [5.41, 5.74) is 2.67. The monoisotopic (exact) mass is 399 g/mol. The Bertz CT molecular complexity index is 1300. The van der Waals surface area contributed by atoms with Crippen LogP contribution >= 0.6 is 0 Å². The topological polar surface area (TPSA) is 91.8 Å². The van der Waals surface area contributed by atoms with Crippen molar-refractivity contribution in [2.45, 2.75) is 6.61 Å². The fourth-order valence-corrected chi connectivity index (χ4v) is 3.54. The van der Waals surface area contributed by atoms with Crippen molar-refractivity contribution in [1.29, 1.82) is 0 Å². The van der Waals surface area contributed by atoms with Crippen molar-refractivity contribution in [2.75, 3.05) is 0 Å². The van der Waals surface area contributed by atoms with Gasteiger partial charge in [-0.1, -0.05) is 42.5 Å². The van der Waals surface area contributed by atoms with Crippen molar-refractivity contribution >= 4 is 22.8 Å². The minimum absolute atomic E-state index is 0.0470. The number of allylic oxidation sites excluding steroid dienone is 1. The fraction of sp³-hybridized carbons (Fsp3) is 0.0417. The molecule has 0 unspecified atom stereocenters. The molecule has 6 heteroatoms. The standard InChI is InChI=1S/C24H17NO5/c26-16-10-18(27)22-20(11-16)30-21(24(22)28)9-15-12-25-23-17(15)7-4-8-19(23)29-13-14-5-2-1-3-6-14/h1-12,25-27H,13H2/b21-9-. The predicted molar refractivity (Wildman–Crippen MR) is 112 cm³/mol. The number of rotatable bonds is 4. The molecule has 30 heavy (non-hydrogen) atoms. The third-order valence-corrected chi connectivity index (χ3v) is 4.97. The van der Waals surface area contributed by atoms with Gasteiger partial charge >= 0.3 is 0 Å². The second-order valence-electron chi connectivity index (χ2n) is 6.97. The Morgan fingerprint density at radius 1 is 1.03 bits per heavy atom. The maximum atomic E-state index is 12.6. The maximum Gasteiger partial charge on any atom is 0.235 e. The molecule has 1 aromatic heterocycles. The molecule has 0 atom stereocenters. The number of Topliss-reactive ketones (excluding diaryl/α,β-unsaturated/α-hetero) is 1. The van der Waals surface area contributed by atoms with Crippen LogP contribution in [0.5, 0.6) is 23.0 Å². The van der Waals surface area contributed by atoms with Crippen molar-refractivity contribution in [2.24, 2.45) is 0 Å². The van der Waals surface area contributed by atoms with Gasteiger partial charge in [-0.25, -0.2) is 0 Å². The first-order chi connectivity index (χ1) is 14.6. The first-order valence-electron chi connectivity index (χ1n) is 9.37. The second kappa shape index (κ2) is 7.00. The summed E-state index contributed by atoms with van der Waals surface area (Å²) in [6.07, 6.45) is 3.38. The third kappa shape index (κ3) is 3.04. The Morgan fingerprint density at radius 3 is 2.70 bits per heavy atom. The summed E-state index contributed by atoms with van der Waals surface area (Å²) in [6, 6.07) is 18.0. The van der Waals surface area contributed by atoms with E-state index in [0.717, 1.165) is 28.1 Å². The number of hydrogen-bond acceptors (Lipinski definition) is 5. The summed E-state index contributed by atoms with van der Waals surface area (Å²) < 4.78 is 11.6. The van der Waals surface area contributed by atoms with Gasteiger partial charge in [0.2, 0.25) is 5.78 Å². The normalized spacial score (nSPS) is 14.1. The number of nitrogens with one attached hydrogen (secondary N) is 1. The molecule has 5 rings (SSSR count). The van der Waals surface area contributed by atoms with Crippen molar-refractivity contribution in [3.05, 3.63) is 89.3 Å². The van der Waals surface area contributed by atoms with Crippen LogP contribution in [-0.4, -0.2) is 21.0 Å². The van der Waals surface area contributed by atoms with Crippen molar-refractivity contribution in [1.82, 2.24) is 4.98 Å². The van der Waals surface area contributed by atoms with E-state index in [9.17, 15) is 15.0 Å². The zero-order valence-electron chi connectivity index (χ0n) is 15.8. The highest BCUT2D eigenvalue weighted by Crippen LogP contribution is 2.41. The number of ketones is 1. The van der Waals surface area contributed by atoms with E-state index in [1.54, 1.807) is 12.3 Å². The van der Waals surface area contributed by atoms with Gasteiger partial charge in [0, 0.05) is 29.3 Å². The highest BCUT2D eigenvalue weighted by atomic mass is 16.5. The van der Waals surface area contributed by atoms with Crippen LogP contribution in [0.3, 0.4) is 0 Å². The van der Waals surface area contributed by atoms with E-state index in [1.807, 2.05) is 48.5 Å². The number of aromatic hydroxyl groups is 2. The number of aromatic amines is 1. The van der Waals surface area contributed by atoms with Gasteiger partial charge in [-0.3, -0.25) is 4.79 Å². The van der Waals surface area contributed by atoms with E-state index in [4.69, 9.17) is 9.47 Å². The average molecular weight is 399 g/mol. The quantitative estimate of drug-likeness (QED) is 0.430. The molecule has 0 radical (unpaired) electrons. The minimum Gasteiger partial charge on any atom is -0.508 e. The summed E-state index contributed by atoms with van der Waals surface area (Å²) >= 11 is 0. The van der Waals surface area contributed by atoms with Crippen LogP contribution in [0, 0.1) is 0 Å². The summed E-state index contributed by atoms with van der Waals surface area (Å²) in [5, 5.41) is 20.5. The van der Waals surface area contributed by atoms with E-state index in [0.29, 0.717) is 12.4 Å². The van der Waals surface area contributed by atoms with Crippen LogP contribution in [0.1, 0.15) is 21.5 Å². The molecule has 0 spiro atoms. The van der Waals surface area contributed by atoms with Crippen LogP contribution in [0.2, 0.25) is 0 Å². The predicted octanol–water partition coefficient (Wildman–Crippen LogP) is 4.77. The Labute approximate surface area is 171 Å². The molecular formula is C24H17NO5. The number of ether oxygens (including phenoxy) is 2. The highest BCUT2D eigenvalue weighted by molar-refractivity contribution is 6.16. The molecule has 0 aliphatic carbocycles. The lowest BCUT2D eigenvalue weighted by atomic mass is 10.1. The molecule has 3 N–H and O–H groups in total. The van der Waals surface area contributed by atoms with Crippen LogP contribution in [-0.2, 0) is 6.61 Å². The Hall–Kier alpha value is -4.19. The number of H-pyrrole nitrogens is 1. The van der Waals surface area contributed by atoms with Gasteiger partial charge in [-0.15, -0.1) is 0 Å². The minimum atomic E-state index is -0.437. The second-order valence-corrected chi connectivity index (χ2v) is 6.97. The summed E-state index contributed by atoms with van der Waals surface area (Å²) in [5.74, 6) is -0.0155. The number of hydrogen-bond donors (Lipinski definition) is 3. The molecule has 1 aliphatic heterocycles. The summed E-state index contributed by atoms with van der Waals surface area (Å²) in [6.45, 7) is 0.440. The van der Waals surface area contributed by atoms with E-state index >= 15 is 0 Å². The largest absolute Gasteiger partial charge is 0.508 e. The van der Waals surface area contributed by atoms with Gasteiger partial charge in [0.05, 0.1) is 5.52 Å². The molecule has 6 nitrogen and oxygen atoms in total. The van der Waals surface area contributed by atoms with Gasteiger partial charge in [0.1, 0.15) is 35.2 Å². The lowest BCUT2D eigenvalue weighted by Crippen LogP contribution is -1.98. The first-order valence-corrected chi connectivity index (χ1v) is 9.37. The van der Waals surface area contributed by atoms with Crippen molar-refractivity contribution in [3.8, 4) is 23.0 Å². The number of carbonyl (C=O) groups excluding carboxylic acids is 1. The lowest BCUT2D eigenvalue weighted by molar-refractivity contribution is 0.101. The molecule has 0 saturated heterocycles. The van der Waals surface area contributed by atoms with Crippen molar-refractivity contribution < 1.29 is 24.5 Å². The van der Waals surface area contributed by atoms with E-state index in [2.05, 4.69) is 4.98 Å². The van der Waals surface area contributed by atoms with Gasteiger partial charge in [0.15, 0.2) is 5.76 Å². The van der Waals surface area contributed by atoms with Gasteiger partial charge in [0.25, 0.3) is 0 Å². The summed E-state index contributed by atoms with van der Waals surface area (Å²) in [7, 11) is 0. The molecular weight excluding hydrogens is 382 g/mol. The Kier molecular flexibility index (Phi) is 4.17. The zero-order chi connectivity index (χ0) is 20.7. The number of para-hydroxylation sites is 1. The van der Waals surface area contributed by atoms with E-state index in [-0.39, 0.29) is 28.6 Å². The number of carbonyl (C=O) groups is 1. The van der Waals surface area contributed by atoms with Gasteiger partial charge in [-0.05, 0) is 17.7 Å². The molecule has 1 aliphatic rings. The van der Waals surface area contributed by atoms with Gasteiger partial charge < -0.3 is 24.7 Å². The molecule has 0 bridgehead atoms. The molecule has 0 saturated carbocycles. The maximum absolute atomic E-state index is 12.6. The molecule has 2 heterocycles. The van der Waals surface area contributed by atoms with Gasteiger partial charge in [-0.2, -0.15) is 0 Å². The molecule has 0 amide bonds. The number of phenolic OH excluding ortho intramolecular Hbond substituents is 2. The SMILES string of the molecule is O=C1/C(=C/c2c[nH]c3c(OCc4ccccc4)cccc23)Oc2cc(O)cc(O)c21. The Balaban J connectivity index is 1.46. The first kappa shape index (κ1) is 17.9. The van der Waals surface area contributed by atoms with E-state index in [1.165, 1.54) is 6.07 Å². The molecule has 4 aromatic rings. The number of fused-ring (bicyclic) bond motifs is 2. The fourth-order valence-electron chi connectivity index (χ4n) is 3.54. The molecule has 148 valence electrons. The van der Waals surface area contributed by atoms with Crippen LogP contribution < -0.4 is 9.47 Å². The zero-order valence-corrected chi connectivity index (χ0v) is 15.8. The number of aromatic nitrogens is 1. The molecule has 0 fully saturated rings. The van der Waals surface area contributed by atoms with Crippen molar-refractivity contribution in [3.63, 3.8) is 0 Å². The van der Waals surface area contributed by atoms with Crippen LogP contribution in [0.15, 0.2) is 72.6 Å². The average Bonchev–Trinajstić information content (AvgIpc) is 3.29. The highest BCUT2D eigenvalue weighted by Gasteiger charge is 2.31. The number of benzene rings is 3. The lowest BCUT2D eigenvalue weighted by Gasteiger charge is -2.07. The Morgan fingerprint density at radius 2 is 1.87 bits per heavy atom. The molecule has 3 aromatic carbocycles. The smallest absolute Gasteiger partial charge is 0.235 e. The van der Waals surface area contributed by atoms with Crippen LogP contribution in [0.25, 0.3) is 17.0 Å². The van der Waals surface area contributed by atoms with E-state index < -0.39 is 5.78 Å². The van der Waals surface area contributed by atoms with Crippen LogP contribution in [0.4, 0.5) is 0 Å². The summed E-state index contributed by atoms with van der Waals surface area (Å²) in [4.78, 5) is 15.8. The number of phenols is 2.